The molecule has 1 nitrogen and oxygen atoms in total. The molecule has 0 aliphatic carbocycles. The van der Waals surface area contributed by atoms with E-state index in [9.17, 15) is 0 Å². The normalized spacial score (nSPS) is 11.3. The van der Waals surface area contributed by atoms with E-state index in [1.165, 1.54) is 0 Å². The Bertz CT molecular complexity index is 1300. The van der Waals surface area contributed by atoms with Crippen LogP contribution in [-0.2, 0) is 0 Å². The van der Waals surface area contributed by atoms with Crippen LogP contribution in [0.3, 0.4) is 0 Å². The van der Waals surface area contributed by atoms with Crippen molar-refractivity contribution in [2.75, 3.05) is 0 Å². The van der Waals surface area contributed by atoms with E-state index in [0.717, 1.165) is 53.7 Å². The van der Waals surface area contributed by atoms with Crippen LogP contribution in [0.1, 0.15) is 0 Å². The minimum absolute atomic E-state index is 0.743. The summed E-state index contributed by atoms with van der Waals surface area (Å²) in [7, 11) is 0. The number of hydrogen-bond donors (Lipinski definition) is 0. The van der Waals surface area contributed by atoms with Crippen molar-refractivity contribution < 1.29 is 4.42 Å². The second kappa shape index (κ2) is 6.56. The van der Waals surface area contributed by atoms with Crippen molar-refractivity contribution in [1.82, 2.24) is 0 Å². The zero-order valence-electron chi connectivity index (χ0n) is 14.2. The molecule has 5 rings (SSSR count). The summed E-state index contributed by atoms with van der Waals surface area (Å²) >= 11 is 9.78. The molecule has 0 saturated heterocycles. The summed E-state index contributed by atoms with van der Waals surface area (Å²) in [5.41, 5.74) is 6.31. The van der Waals surface area contributed by atoms with E-state index in [-0.39, 0.29) is 0 Å². The van der Waals surface area contributed by atoms with Crippen LogP contribution in [0.4, 0.5) is 0 Å². The van der Waals surface area contributed by atoms with Crippen molar-refractivity contribution in [2.45, 2.75) is 0 Å². The lowest BCUT2D eigenvalue weighted by Gasteiger charge is -2.07. The first kappa shape index (κ1) is 16.6. The molecular weight excluding hydrogens is 420 g/mol. The summed E-state index contributed by atoms with van der Waals surface area (Å²) < 4.78 is 7.13. The van der Waals surface area contributed by atoms with Crippen molar-refractivity contribution in [3.8, 4) is 22.3 Å². The van der Waals surface area contributed by atoms with Crippen molar-refractivity contribution in [3.63, 3.8) is 0 Å². The SMILES string of the molecule is Clc1cccc(-c2cccc(-c3ccc4c(c3)oc3cccc(Br)c34)c2)c1. The molecule has 0 radical (unpaired) electrons. The maximum atomic E-state index is 6.15. The average Bonchev–Trinajstić information content (AvgIpc) is 3.07. The Morgan fingerprint density at radius 2 is 1.30 bits per heavy atom. The molecule has 0 bridgehead atoms. The zero-order valence-corrected chi connectivity index (χ0v) is 16.6. The van der Waals surface area contributed by atoms with Gasteiger partial charge in [0.25, 0.3) is 0 Å². The zero-order chi connectivity index (χ0) is 18.4. The maximum Gasteiger partial charge on any atom is 0.136 e. The van der Waals surface area contributed by atoms with Crippen molar-refractivity contribution in [1.29, 1.82) is 0 Å². The number of fused-ring (bicyclic) bond motifs is 3. The highest BCUT2D eigenvalue weighted by molar-refractivity contribution is 9.10. The summed E-state index contributed by atoms with van der Waals surface area (Å²) in [5.74, 6) is 0. The lowest BCUT2D eigenvalue weighted by Crippen LogP contribution is -1.81. The van der Waals surface area contributed by atoms with Gasteiger partial charge in [-0.1, -0.05) is 70.0 Å². The number of rotatable bonds is 2. The Labute approximate surface area is 170 Å². The molecule has 130 valence electrons. The van der Waals surface area contributed by atoms with Gasteiger partial charge in [-0.05, 0) is 64.7 Å². The second-order valence-corrected chi connectivity index (χ2v) is 7.81. The van der Waals surface area contributed by atoms with Gasteiger partial charge in [-0.25, -0.2) is 0 Å². The third-order valence-electron chi connectivity index (χ3n) is 4.80. The molecule has 0 unspecified atom stereocenters. The van der Waals surface area contributed by atoms with E-state index in [4.69, 9.17) is 16.0 Å². The molecule has 0 N–H and O–H groups in total. The number of furan rings is 1. The molecule has 0 saturated carbocycles. The van der Waals surface area contributed by atoms with E-state index < -0.39 is 0 Å². The summed E-state index contributed by atoms with van der Waals surface area (Å²) in [4.78, 5) is 0. The van der Waals surface area contributed by atoms with E-state index in [2.05, 4.69) is 64.5 Å². The summed E-state index contributed by atoms with van der Waals surface area (Å²) in [6.45, 7) is 0. The third kappa shape index (κ3) is 2.95. The fourth-order valence-corrected chi connectivity index (χ4v) is 4.26. The Kier molecular flexibility index (Phi) is 4.04. The van der Waals surface area contributed by atoms with Gasteiger partial charge < -0.3 is 4.42 Å². The third-order valence-corrected chi connectivity index (χ3v) is 5.70. The number of halogens is 2. The first-order valence-corrected chi connectivity index (χ1v) is 9.83. The Morgan fingerprint density at radius 3 is 2.07 bits per heavy atom. The Morgan fingerprint density at radius 1 is 0.630 bits per heavy atom. The predicted molar refractivity (Wildman–Crippen MR) is 117 cm³/mol. The molecule has 27 heavy (non-hydrogen) atoms. The Hall–Kier alpha value is -2.55. The van der Waals surface area contributed by atoms with Crippen LogP contribution < -0.4 is 0 Å². The summed E-state index contributed by atoms with van der Waals surface area (Å²) in [5, 5.41) is 2.98. The minimum Gasteiger partial charge on any atom is -0.456 e. The van der Waals surface area contributed by atoms with Gasteiger partial charge >= 0.3 is 0 Å². The lowest BCUT2D eigenvalue weighted by atomic mass is 9.98. The van der Waals surface area contributed by atoms with E-state index in [1.807, 2.05) is 36.4 Å². The average molecular weight is 434 g/mol. The highest BCUT2D eigenvalue weighted by Gasteiger charge is 2.11. The molecular formula is C24H14BrClO. The van der Waals surface area contributed by atoms with E-state index in [1.54, 1.807) is 0 Å². The van der Waals surface area contributed by atoms with Crippen LogP contribution in [0.5, 0.6) is 0 Å². The van der Waals surface area contributed by atoms with Gasteiger partial charge in [-0.15, -0.1) is 0 Å². The van der Waals surface area contributed by atoms with Gasteiger partial charge in [-0.2, -0.15) is 0 Å². The maximum absolute atomic E-state index is 6.15. The summed E-state index contributed by atoms with van der Waals surface area (Å²) in [6.07, 6.45) is 0. The molecule has 0 fully saturated rings. The quantitative estimate of drug-likeness (QED) is 0.273. The van der Waals surface area contributed by atoms with Gasteiger partial charge in [0.15, 0.2) is 0 Å². The second-order valence-electron chi connectivity index (χ2n) is 6.52. The highest BCUT2D eigenvalue weighted by atomic mass is 79.9. The van der Waals surface area contributed by atoms with E-state index >= 15 is 0 Å². The molecule has 1 heterocycles. The van der Waals surface area contributed by atoms with Crippen LogP contribution in [0.15, 0.2) is 93.8 Å². The molecule has 0 amide bonds. The van der Waals surface area contributed by atoms with Gasteiger partial charge in [0.2, 0.25) is 0 Å². The van der Waals surface area contributed by atoms with Crippen molar-refractivity contribution in [3.05, 3.63) is 94.4 Å². The molecule has 0 spiro atoms. The monoisotopic (exact) mass is 432 g/mol. The molecule has 1 aromatic heterocycles. The smallest absolute Gasteiger partial charge is 0.136 e. The Balaban J connectivity index is 1.64. The molecule has 0 aliphatic heterocycles. The lowest BCUT2D eigenvalue weighted by molar-refractivity contribution is 0.669. The van der Waals surface area contributed by atoms with Crippen LogP contribution >= 0.6 is 27.5 Å². The van der Waals surface area contributed by atoms with Crippen LogP contribution in [-0.4, -0.2) is 0 Å². The largest absolute Gasteiger partial charge is 0.456 e. The fraction of sp³-hybridized carbons (Fsp3) is 0. The molecule has 0 atom stereocenters. The first-order chi connectivity index (χ1) is 13.2. The van der Waals surface area contributed by atoms with Crippen LogP contribution in [0.2, 0.25) is 5.02 Å². The van der Waals surface area contributed by atoms with Gasteiger partial charge in [0.05, 0.1) is 0 Å². The van der Waals surface area contributed by atoms with Gasteiger partial charge in [0, 0.05) is 20.3 Å². The molecule has 3 heteroatoms. The van der Waals surface area contributed by atoms with Gasteiger partial charge in [-0.3, -0.25) is 0 Å². The molecule has 0 aliphatic rings. The predicted octanol–water partition coefficient (Wildman–Crippen LogP) is 8.34. The van der Waals surface area contributed by atoms with Crippen molar-refractivity contribution in [2.24, 2.45) is 0 Å². The molecule has 5 aromatic rings. The van der Waals surface area contributed by atoms with Gasteiger partial charge in [0.1, 0.15) is 11.2 Å². The highest BCUT2D eigenvalue weighted by Crippen LogP contribution is 2.36. The van der Waals surface area contributed by atoms with Crippen LogP contribution in [0, 0.1) is 0 Å². The number of benzene rings is 4. The fourth-order valence-electron chi connectivity index (χ4n) is 3.51. The van der Waals surface area contributed by atoms with Crippen LogP contribution in [0.25, 0.3) is 44.2 Å². The van der Waals surface area contributed by atoms with Crippen molar-refractivity contribution >= 4 is 49.5 Å². The first-order valence-electron chi connectivity index (χ1n) is 8.66. The topological polar surface area (TPSA) is 13.1 Å². The minimum atomic E-state index is 0.743. The standard InChI is InChI=1S/C24H14BrClO/c25-21-8-3-9-22-24(21)20-11-10-18(14-23(20)27-22)16-5-1-4-15(12-16)17-6-2-7-19(26)13-17/h1-14H. The molecule has 4 aromatic carbocycles. The van der Waals surface area contributed by atoms with E-state index in [0.29, 0.717) is 0 Å². The number of hydrogen-bond acceptors (Lipinski definition) is 1. The summed E-state index contributed by atoms with van der Waals surface area (Å²) in [6, 6.07) is 28.8.